The standard InChI is InChI=1S/C13H24N3O/c1-4-6-8-15(9-7-5-2)13(17)16-11-10-14(3)12-16/h10-12H,4-9H2,1-3H3/q+1. The summed E-state index contributed by atoms with van der Waals surface area (Å²) in [4.78, 5) is 14.2. The first-order valence-corrected chi connectivity index (χ1v) is 6.51. The third-order valence-corrected chi connectivity index (χ3v) is 2.82. The minimum Gasteiger partial charge on any atom is -0.304 e. The molecule has 0 saturated carbocycles. The maximum Gasteiger partial charge on any atom is 0.415 e. The van der Waals surface area contributed by atoms with Gasteiger partial charge in [0.25, 0.3) is 6.33 Å². The van der Waals surface area contributed by atoms with Crippen LogP contribution in [0.5, 0.6) is 0 Å². The number of unbranched alkanes of at least 4 members (excludes halogenated alkanes) is 2. The summed E-state index contributed by atoms with van der Waals surface area (Å²) < 4.78 is 3.54. The molecule has 0 unspecified atom stereocenters. The Labute approximate surface area is 104 Å². The third-order valence-electron chi connectivity index (χ3n) is 2.82. The van der Waals surface area contributed by atoms with Crippen molar-refractivity contribution < 1.29 is 9.36 Å². The van der Waals surface area contributed by atoms with Crippen LogP contribution in [0.2, 0.25) is 0 Å². The number of hydrogen-bond donors (Lipinski definition) is 0. The molecule has 0 spiro atoms. The molecule has 1 heterocycles. The second kappa shape index (κ2) is 7.09. The minimum absolute atomic E-state index is 0.0903. The van der Waals surface area contributed by atoms with Crippen molar-refractivity contribution >= 4 is 6.03 Å². The molecule has 0 aromatic carbocycles. The van der Waals surface area contributed by atoms with Crippen molar-refractivity contribution in [2.45, 2.75) is 39.5 Å². The lowest BCUT2D eigenvalue weighted by Gasteiger charge is -2.19. The molecule has 1 amide bonds. The van der Waals surface area contributed by atoms with E-state index in [4.69, 9.17) is 0 Å². The fourth-order valence-electron chi connectivity index (χ4n) is 1.73. The van der Waals surface area contributed by atoms with E-state index in [0.717, 1.165) is 38.8 Å². The molecule has 4 nitrogen and oxygen atoms in total. The van der Waals surface area contributed by atoms with E-state index in [1.807, 2.05) is 35.2 Å². The molecule has 1 aromatic rings. The van der Waals surface area contributed by atoms with Crippen molar-refractivity contribution in [2.75, 3.05) is 13.1 Å². The molecule has 0 saturated heterocycles. The van der Waals surface area contributed by atoms with Gasteiger partial charge in [0.1, 0.15) is 12.4 Å². The molecule has 0 aliphatic rings. The van der Waals surface area contributed by atoms with Gasteiger partial charge in [-0.1, -0.05) is 26.7 Å². The lowest BCUT2D eigenvalue weighted by atomic mass is 10.3. The van der Waals surface area contributed by atoms with Crippen molar-refractivity contribution in [1.29, 1.82) is 0 Å². The van der Waals surface area contributed by atoms with Gasteiger partial charge in [-0.3, -0.25) is 0 Å². The smallest absolute Gasteiger partial charge is 0.304 e. The summed E-state index contributed by atoms with van der Waals surface area (Å²) in [6.07, 6.45) is 9.90. The first-order chi connectivity index (χ1) is 8.19. The molecular formula is C13H24N3O+. The Kier molecular flexibility index (Phi) is 5.73. The van der Waals surface area contributed by atoms with Crippen molar-refractivity contribution in [3.63, 3.8) is 0 Å². The van der Waals surface area contributed by atoms with Crippen LogP contribution in [-0.2, 0) is 7.05 Å². The zero-order valence-electron chi connectivity index (χ0n) is 11.2. The predicted molar refractivity (Wildman–Crippen MR) is 67.8 cm³/mol. The number of hydrogen-bond acceptors (Lipinski definition) is 1. The molecule has 0 fully saturated rings. The van der Waals surface area contributed by atoms with Crippen LogP contribution in [-0.4, -0.2) is 28.6 Å². The second-order valence-corrected chi connectivity index (χ2v) is 4.46. The Hall–Kier alpha value is -1.32. The van der Waals surface area contributed by atoms with Crippen LogP contribution < -0.4 is 4.57 Å². The van der Waals surface area contributed by atoms with Crippen molar-refractivity contribution in [3.05, 3.63) is 18.7 Å². The van der Waals surface area contributed by atoms with Gasteiger partial charge in [0.05, 0.1) is 7.05 Å². The molecule has 1 aromatic heterocycles. The zero-order valence-corrected chi connectivity index (χ0v) is 11.2. The SMILES string of the molecule is CCCCN(CCCC)C(=O)n1cc[n+](C)c1. The minimum atomic E-state index is 0.0903. The molecule has 1 rings (SSSR count). The normalized spacial score (nSPS) is 10.5. The molecule has 0 N–H and O–H groups in total. The summed E-state index contributed by atoms with van der Waals surface area (Å²) >= 11 is 0. The van der Waals surface area contributed by atoms with Crippen LogP contribution in [0.3, 0.4) is 0 Å². The molecule has 0 bridgehead atoms. The van der Waals surface area contributed by atoms with Crippen LogP contribution in [0, 0.1) is 0 Å². The summed E-state index contributed by atoms with van der Waals surface area (Å²) in [5.41, 5.74) is 0. The second-order valence-electron chi connectivity index (χ2n) is 4.46. The number of nitrogens with zero attached hydrogens (tertiary/aromatic N) is 3. The fourth-order valence-corrected chi connectivity index (χ4v) is 1.73. The quantitative estimate of drug-likeness (QED) is 0.698. The van der Waals surface area contributed by atoms with Gasteiger partial charge >= 0.3 is 6.03 Å². The summed E-state index contributed by atoms with van der Waals surface area (Å²) in [5.74, 6) is 0. The number of imidazole rings is 1. The van der Waals surface area contributed by atoms with Crippen molar-refractivity contribution in [2.24, 2.45) is 7.05 Å². The Balaban J connectivity index is 2.64. The number of carbonyl (C=O) groups excluding carboxylic acids is 1. The highest BCUT2D eigenvalue weighted by Crippen LogP contribution is 2.02. The average Bonchev–Trinajstić information content (AvgIpc) is 2.75. The van der Waals surface area contributed by atoms with Gasteiger partial charge in [-0.2, -0.15) is 4.57 Å². The first kappa shape index (κ1) is 13.7. The molecule has 0 aliphatic heterocycles. The number of rotatable bonds is 6. The van der Waals surface area contributed by atoms with Crippen LogP contribution in [0.4, 0.5) is 4.79 Å². The van der Waals surface area contributed by atoms with E-state index in [0.29, 0.717) is 0 Å². The fraction of sp³-hybridized carbons (Fsp3) is 0.692. The first-order valence-electron chi connectivity index (χ1n) is 6.51. The van der Waals surface area contributed by atoms with Crippen LogP contribution in [0.25, 0.3) is 0 Å². The summed E-state index contributed by atoms with van der Waals surface area (Å²) in [6, 6.07) is 0.0903. The monoisotopic (exact) mass is 238 g/mol. The van der Waals surface area contributed by atoms with Crippen LogP contribution in [0.15, 0.2) is 18.7 Å². The highest BCUT2D eigenvalue weighted by molar-refractivity contribution is 5.76. The van der Waals surface area contributed by atoms with Gasteiger partial charge in [-0.15, -0.1) is 0 Å². The number of amides is 1. The third kappa shape index (κ3) is 4.21. The Bertz CT molecular complexity index is 338. The maximum absolute atomic E-state index is 12.2. The van der Waals surface area contributed by atoms with Gasteiger partial charge in [0, 0.05) is 13.1 Å². The van der Waals surface area contributed by atoms with E-state index < -0.39 is 0 Å². The lowest BCUT2D eigenvalue weighted by Crippen LogP contribution is -2.36. The van der Waals surface area contributed by atoms with Crippen LogP contribution >= 0.6 is 0 Å². The topological polar surface area (TPSA) is 29.1 Å². The highest BCUT2D eigenvalue weighted by atomic mass is 16.2. The molecule has 96 valence electrons. The molecule has 0 aliphatic carbocycles. The average molecular weight is 238 g/mol. The molecule has 17 heavy (non-hydrogen) atoms. The van der Waals surface area contributed by atoms with E-state index in [1.54, 1.807) is 4.57 Å². The van der Waals surface area contributed by atoms with Crippen molar-refractivity contribution in [3.8, 4) is 0 Å². The van der Waals surface area contributed by atoms with Gasteiger partial charge in [0.15, 0.2) is 0 Å². The summed E-state index contributed by atoms with van der Waals surface area (Å²) in [6.45, 7) is 6.02. The Morgan fingerprint density at radius 1 is 1.24 bits per heavy atom. The highest BCUT2D eigenvalue weighted by Gasteiger charge is 2.19. The van der Waals surface area contributed by atoms with E-state index in [-0.39, 0.29) is 6.03 Å². The number of carbonyl (C=O) groups is 1. The summed E-state index contributed by atoms with van der Waals surface area (Å²) in [7, 11) is 1.92. The molecule has 4 heteroatoms. The Morgan fingerprint density at radius 2 is 1.82 bits per heavy atom. The largest absolute Gasteiger partial charge is 0.415 e. The van der Waals surface area contributed by atoms with E-state index in [9.17, 15) is 4.79 Å². The van der Waals surface area contributed by atoms with Gasteiger partial charge in [-0.05, 0) is 12.8 Å². The van der Waals surface area contributed by atoms with Crippen LogP contribution in [0.1, 0.15) is 39.5 Å². The number of aromatic nitrogens is 2. The molecular weight excluding hydrogens is 214 g/mol. The van der Waals surface area contributed by atoms with Gasteiger partial charge < -0.3 is 4.90 Å². The number of aryl methyl sites for hydroxylation is 1. The van der Waals surface area contributed by atoms with E-state index in [2.05, 4.69) is 13.8 Å². The van der Waals surface area contributed by atoms with Gasteiger partial charge in [-0.25, -0.2) is 9.36 Å². The van der Waals surface area contributed by atoms with E-state index >= 15 is 0 Å². The van der Waals surface area contributed by atoms with E-state index in [1.165, 1.54) is 0 Å². The summed E-state index contributed by atoms with van der Waals surface area (Å²) in [5, 5.41) is 0. The zero-order chi connectivity index (χ0) is 12.7. The Morgan fingerprint density at radius 3 is 2.24 bits per heavy atom. The molecule has 0 atom stereocenters. The maximum atomic E-state index is 12.2. The predicted octanol–water partition coefficient (Wildman–Crippen LogP) is 2.18. The lowest BCUT2D eigenvalue weighted by molar-refractivity contribution is -0.670. The van der Waals surface area contributed by atoms with Crippen molar-refractivity contribution in [1.82, 2.24) is 9.47 Å². The molecule has 0 radical (unpaired) electrons. The van der Waals surface area contributed by atoms with Gasteiger partial charge in [0.2, 0.25) is 0 Å².